The van der Waals surface area contributed by atoms with E-state index >= 15 is 0 Å². The Morgan fingerprint density at radius 3 is 2.63 bits per heavy atom. The smallest absolute Gasteiger partial charge is 0.306 e. The maximum absolute atomic E-state index is 11.2. The highest BCUT2D eigenvalue weighted by molar-refractivity contribution is 5.87. The van der Waals surface area contributed by atoms with Crippen molar-refractivity contribution in [3.8, 4) is 5.75 Å². The van der Waals surface area contributed by atoms with Crippen LogP contribution in [0.2, 0.25) is 0 Å². The van der Waals surface area contributed by atoms with Gasteiger partial charge in [0.25, 0.3) is 0 Å². The van der Waals surface area contributed by atoms with Crippen molar-refractivity contribution in [1.29, 1.82) is 0 Å². The number of aliphatic carboxylic acids is 1. The quantitative estimate of drug-likeness (QED) is 0.625. The van der Waals surface area contributed by atoms with Gasteiger partial charge in [-0.05, 0) is 49.2 Å². The molecular weight excluding hydrogens is 338 g/mol. The number of ether oxygens (including phenoxy) is 1. The van der Waals surface area contributed by atoms with Crippen molar-refractivity contribution in [2.75, 3.05) is 19.7 Å². The van der Waals surface area contributed by atoms with Gasteiger partial charge in [0, 0.05) is 12.1 Å². The van der Waals surface area contributed by atoms with Crippen LogP contribution in [0.25, 0.3) is 10.8 Å². The van der Waals surface area contributed by atoms with Crippen LogP contribution in [0.1, 0.15) is 51.0 Å². The van der Waals surface area contributed by atoms with Gasteiger partial charge in [0.05, 0.1) is 12.5 Å². The predicted octanol–water partition coefficient (Wildman–Crippen LogP) is 5.10. The average Bonchev–Trinajstić information content (AvgIpc) is 2.69. The van der Waals surface area contributed by atoms with Crippen LogP contribution in [-0.4, -0.2) is 35.7 Å². The molecule has 1 aliphatic rings. The third-order valence-electron chi connectivity index (χ3n) is 5.57. The molecule has 0 saturated carbocycles. The zero-order valence-electron chi connectivity index (χ0n) is 16.3. The van der Waals surface area contributed by atoms with E-state index in [0.717, 1.165) is 51.3 Å². The summed E-state index contributed by atoms with van der Waals surface area (Å²) in [6, 6.07) is 12.7. The molecular formula is C23H31NO3. The van der Waals surface area contributed by atoms with Crippen molar-refractivity contribution >= 4 is 16.7 Å². The first-order valence-electron chi connectivity index (χ1n) is 10.3. The average molecular weight is 370 g/mol. The molecule has 0 bridgehead atoms. The Labute approximate surface area is 162 Å². The van der Waals surface area contributed by atoms with Crippen LogP contribution in [0, 0.1) is 5.92 Å². The predicted molar refractivity (Wildman–Crippen MR) is 109 cm³/mol. The number of unbranched alkanes of at least 4 members (excludes halogenated alkanes) is 3. The molecule has 0 radical (unpaired) electrons. The Balaban J connectivity index is 1.73. The van der Waals surface area contributed by atoms with E-state index in [1.54, 1.807) is 0 Å². The molecule has 1 aliphatic heterocycles. The third-order valence-corrected chi connectivity index (χ3v) is 5.57. The molecule has 0 atom stereocenters. The van der Waals surface area contributed by atoms with E-state index in [1.165, 1.54) is 35.6 Å². The number of hydrogen-bond acceptors (Lipinski definition) is 3. The summed E-state index contributed by atoms with van der Waals surface area (Å²) >= 11 is 0. The molecule has 4 nitrogen and oxygen atoms in total. The number of hydrogen-bond donors (Lipinski definition) is 1. The van der Waals surface area contributed by atoms with Crippen LogP contribution in [0.4, 0.5) is 0 Å². The summed E-state index contributed by atoms with van der Waals surface area (Å²) in [6.45, 7) is 5.45. The number of rotatable bonds is 9. The van der Waals surface area contributed by atoms with Crippen LogP contribution < -0.4 is 4.74 Å². The number of likely N-dealkylation sites (tertiary alicyclic amines) is 1. The van der Waals surface area contributed by atoms with Crippen LogP contribution >= 0.6 is 0 Å². The molecule has 0 aromatic heterocycles. The number of piperidine rings is 1. The first kappa shape index (κ1) is 19.7. The number of carboxylic acid groups (broad SMARTS) is 1. The Hall–Kier alpha value is -2.07. The second-order valence-electron chi connectivity index (χ2n) is 7.56. The highest BCUT2D eigenvalue weighted by Crippen LogP contribution is 2.31. The van der Waals surface area contributed by atoms with Gasteiger partial charge in [-0.15, -0.1) is 0 Å². The van der Waals surface area contributed by atoms with E-state index in [9.17, 15) is 9.90 Å². The lowest BCUT2D eigenvalue weighted by Crippen LogP contribution is -2.36. The minimum absolute atomic E-state index is 0.192. The lowest BCUT2D eigenvalue weighted by molar-refractivity contribution is -0.143. The third kappa shape index (κ3) is 5.23. The van der Waals surface area contributed by atoms with Crippen molar-refractivity contribution in [1.82, 2.24) is 4.90 Å². The molecule has 1 saturated heterocycles. The molecule has 3 rings (SSSR count). The van der Waals surface area contributed by atoms with Gasteiger partial charge >= 0.3 is 5.97 Å². The topological polar surface area (TPSA) is 49.8 Å². The molecule has 4 heteroatoms. The second-order valence-corrected chi connectivity index (χ2v) is 7.56. The lowest BCUT2D eigenvalue weighted by atomic mass is 9.96. The fourth-order valence-corrected chi connectivity index (χ4v) is 3.89. The number of nitrogens with zero attached hydrogens (tertiary/aromatic N) is 1. The van der Waals surface area contributed by atoms with Gasteiger partial charge in [-0.1, -0.05) is 56.5 Å². The molecule has 1 fully saturated rings. The second kappa shape index (κ2) is 9.75. The van der Waals surface area contributed by atoms with Gasteiger partial charge in [0.2, 0.25) is 0 Å². The Morgan fingerprint density at radius 2 is 1.89 bits per heavy atom. The molecule has 1 N–H and O–H groups in total. The van der Waals surface area contributed by atoms with Gasteiger partial charge in [-0.3, -0.25) is 9.69 Å². The highest BCUT2D eigenvalue weighted by atomic mass is 16.5. The van der Waals surface area contributed by atoms with E-state index in [2.05, 4.69) is 48.2 Å². The maximum atomic E-state index is 11.2. The summed E-state index contributed by atoms with van der Waals surface area (Å²) in [4.78, 5) is 13.6. The molecule has 0 unspecified atom stereocenters. The van der Waals surface area contributed by atoms with Gasteiger partial charge in [0.15, 0.2) is 0 Å². The SMILES string of the molecule is CCCCCCOc1ccc2ccccc2c1CN1CCC(C(=O)O)CC1. The number of benzene rings is 2. The number of carboxylic acids is 1. The van der Waals surface area contributed by atoms with Crippen LogP contribution in [-0.2, 0) is 11.3 Å². The van der Waals surface area contributed by atoms with Crippen LogP contribution in [0.3, 0.4) is 0 Å². The summed E-state index contributed by atoms with van der Waals surface area (Å²) in [5.74, 6) is 0.129. The monoisotopic (exact) mass is 369 g/mol. The molecule has 1 heterocycles. The van der Waals surface area contributed by atoms with Crippen molar-refractivity contribution in [3.05, 3.63) is 42.0 Å². The minimum Gasteiger partial charge on any atom is -0.493 e. The van der Waals surface area contributed by atoms with Gasteiger partial charge in [-0.25, -0.2) is 0 Å². The van der Waals surface area contributed by atoms with Gasteiger partial charge < -0.3 is 9.84 Å². The maximum Gasteiger partial charge on any atom is 0.306 e. The summed E-state index contributed by atoms with van der Waals surface area (Å²) in [7, 11) is 0. The normalized spacial score (nSPS) is 15.9. The molecule has 2 aromatic carbocycles. The first-order chi connectivity index (χ1) is 13.2. The van der Waals surface area contributed by atoms with Crippen molar-refractivity contribution in [3.63, 3.8) is 0 Å². The number of carbonyl (C=O) groups is 1. The van der Waals surface area contributed by atoms with Gasteiger partial charge in [-0.2, -0.15) is 0 Å². The van der Waals surface area contributed by atoms with Crippen LogP contribution in [0.15, 0.2) is 36.4 Å². The summed E-state index contributed by atoms with van der Waals surface area (Å²) in [5.41, 5.74) is 1.23. The van der Waals surface area contributed by atoms with E-state index < -0.39 is 5.97 Å². The van der Waals surface area contributed by atoms with Crippen LogP contribution in [0.5, 0.6) is 5.75 Å². The van der Waals surface area contributed by atoms with E-state index in [1.807, 2.05) is 0 Å². The van der Waals surface area contributed by atoms with E-state index in [4.69, 9.17) is 4.74 Å². The Morgan fingerprint density at radius 1 is 1.11 bits per heavy atom. The van der Waals surface area contributed by atoms with Gasteiger partial charge in [0.1, 0.15) is 5.75 Å². The van der Waals surface area contributed by atoms with Crippen molar-refractivity contribution < 1.29 is 14.6 Å². The molecule has 27 heavy (non-hydrogen) atoms. The van der Waals surface area contributed by atoms with E-state index in [0.29, 0.717) is 0 Å². The minimum atomic E-state index is -0.657. The summed E-state index contributed by atoms with van der Waals surface area (Å²) in [5, 5.41) is 11.7. The van der Waals surface area contributed by atoms with Crippen molar-refractivity contribution in [2.45, 2.75) is 52.0 Å². The molecule has 0 aliphatic carbocycles. The summed E-state index contributed by atoms with van der Waals surface area (Å²) < 4.78 is 6.17. The molecule has 2 aromatic rings. The zero-order valence-corrected chi connectivity index (χ0v) is 16.3. The lowest BCUT2D eigenvalue weighted by Gasteiger charge is -2.31. The Kier molecular flexibility index (Phi) is 7.11. The fourth-order valence-electron chi connectivity index (χ4n) is 3.89. The fraction of sp³-hybridized carbons (Fsp3) is 0.522. The largest absolute Gasteiger partial charge is 0.493 e. The Bertz CT molecular complexity index is 750. The first-order valence-corrected chi connectivity index (χ1v) is 10.3. The summed E-state index contributed by atoms with van der Waals surface area (Å²) in [6.07, 6.45) is 6.24. The van der Waals surface area contributed by atoms with Crippen molar-refractivity contribution in [2.24, 2.45) is 5.92 Å². The molecule has 0 amide bonds. The molecule has 0 spiro atoms. The standard InChI is InChI=1S/C23H31NO3/c1-2-3-4-7-16-27-22-11-10-18-8-5-6-9-20(18)21(22)17-24-14-12-19(13-15-24)23(25)26/h5-6,8-11,19H,2-4,7,12-17H2,1H3,(H,25,26). The zero-order chi connectivity index (χ0) is 19.1. The molecule has 146 valence electrons. The highest BCUT2D eigenvalue weighted by Gasteiger charge is 2.25. The van der Waals surface area contributed by atoms with E-state index in [-0.39, 0.29) is 5.92 Å². The number of fused-ring (bicyclic) bond motifs is 1.